The number of H-pyrrole nitrogens is 1. The summed E-state index contributed by atoms with van der Waals surface area (Å²) in [6, 6.07) is 8.31. The lowest BCUT2D eigenvalue weighted by atomic mass is 10.1. The van der Waals surface area contributed by atoms with Crippen LogP contribution in [0.15, 0.2) is 41.5 Å². The Morgan fingerprint density at radius 2 is 1.96 bits per heavy atom. The maximum absolute atomic E-state index is 11.8. The zero-order valence-corrected chi connectivity index (χ0v) is 14.8. The summed E-state index contributed by atoms with van der Waals surface area (Å²) in [6.07, 6.45) is 1.88. The summed E-state index contributed by atoms with van der Waals surface area (Å²) < 4.78 is 10.5. The van der Waals surface area contributed by atoms with E-state index in [0.717, 1.165) is 5.56 Å². The van der Waals surface area contributed by atoms with Crippen LogP contribution in [-0.2, 0) is 6.42 Å². The molecule has 27 heavy (non-hydrogen) atoms. The number of rotatable bonds is 7. The van der Waals surface area contributed by atoms with Gasteiger partial charge >= 0.3 is 0 Å². The molecule has 2 N–H and O–H groups in total. The van der Waals surface area contributed by atoms with E-state index in [-0.39, 0.29) is 11.1 Å². The van der Waals surface area contributed by atoms with Crippen molar-refractivity contribution in [3.8, 4) is 11.5 Å². The lowest BCUT2D eigenvalue weighted by Crippen LogP contribution is -2.10. The van der Waals surface area contributed by atoms with Gasteiger partial charge in [-0.15, -0.1) is 0 Å². The molecule has 0 aliphatic heterocycles. The molecule has 0 saturated heterocycles. The van der Waals surface area contributed by atoms with Gasteiger partial charge < -0.3 is 19.8 Å². The van der Waals surface area contributed by atoms with Crippen LogP contribution in [0.5, 0.6) is 11.5 Å². The first kappa shape index (κ1) is 18.2. The van der Waals surface area contributed by atoms with Gasteiger partial charge in [-0.05, 0) is 30.2 Å². The monoisotopic (exact) mass is 370 g/mol. The Morgan fingerprint density at radius 3 is 2.67 bits per heavy atom. The van der Waals surface area contributed by atoms with Crippen LogP contribution in [0.1, 0.15) is 5.56 Å². The molecule has 9 heteroatoms. The van der Waals surface area contributed by atoms with Gasteiger partial charge in [-0.2, -0.15) is 0 Å². The molecule has 140 valence electrons. The first-order chi connectivity index (χ1) is 13.0. The second kappa shape index (κ2) is 7.73. The number of aromatic nitrogens is 2. The molecule has 0 fully saturated rings. The quantitative estimate of drug-likeness (QED) is 0.484. The molecule has 0 spiro atoms. The van der Waals surface area contributed by atoms with Gasteiger partial charge in [-0.3, -0.25) is 14.9 Å². The normalized spacial score (nSPS) is 10.6. The molecule has 0 amide bonds. The van der Waals surface area contributed by atoms with Crippen LogP contribution < -0.4 is 20.3 Å². The maximum atomic E-state index is 11.8. The number of benzene rings is 2. The number of nitrogens with one attached hydrogen (secondary N) is 2. The predicted octanol–water partition coefficient (Wildman–Crippen LogP) is 2.50. The van der Waals surface area contributed by atoms with Crippen molar-refractivity contribution < 1.29 is 14.4 Å². The van der Waals surface area contributed by atoms with E-state index >= 15 is 0 Å². The van der Waals surface area contributed by atoms with Crippen molar-refractivity contribution in [2.24, 2.45) is 0 Å². The molecule has 0 aliphatic carbocycles. The fourth-order valence-electron chi connectivity index (χ4n) is 2.77. The number of methoxy groups -OCH3 is 2. The molecule has 9 nitrogen and oxygen atoms in total. The Bertz CT molecular complexity index is 1050. The summed E-state index contributed by atoms with van der Waals surface area (Å²) in [7, 11) is 3.13. The minimum Gasteiger partial charge on any atom is -0.493 e. The van der Waals surface area contributed by atoms with Crippen molar-refractivity contribution in [2.75, 3.05) is 26.1 Å². The number of aromatic amines is 1. The van der Waals surface area contributed by atoms with E-state index < -0.39 is 10.5 Å². The minimum atomic E-state index is -0.523. The maximum Gasteiger partial charge on any atom is 0.293 e. The third-order valence-corrected chi connectivity index (χ3v) is 4.13. The van der Waals surface area contributed by atoms with E-state index in [9.17, 15) is 14.9 Å². The van der Waals surface area contributed by atoms with Crippen LogP contribution in [-0.4, -0.2) is 35.7 Å². The van der Waals surface area contributed by atoms with E-state index in [1.807, 2.05) is 18.2 Å². The van der Waals surface area contributed by atoms with Crippen LogP contribution in [0.25, 0.3) is 10.9 Å². The lowest BCUT2D eigenvalue weighted by molar-refractivity contribution is -0.383. The van der Waals surface area contributed by atoms with Gasteiger partial charge in [0.1, 0.15) is 5.69 Å². The standard InChI is InChI=1S/C18H18N4O5/c1-26-16-4-3-11(7-17(16)27-2)5-6-19-14-9-13-12(8-15(14)22(24)25)18(23)21-10-20-13/h3-4,7-10,19H,5-6H2,1-2H3,(H,20,21,23). The number of anilines is 1. The highest BCUT2D eigenvalue weighted by Gasteiger charge is 2.17. The number of hydrogen-bond acceptors (Lipinski definition) is 7. The van der Waals surface area contributed by atoms with E-state index in [1.165, 1.54) is 18.5 Å². The van der Waals surface area contributed by atoms with Gasteiger partial charge in [0, 0.05) is 12.6 Å². The van der Waals surface area contributed by atoms with Crippen molar-refractivity contribution in [2.45, 2.75) is 6.42 Å². The second-order valence-electron chi connectivity index (χ2n) is 5.74. The summed E-state index contributed by atoms with van der Waals surface area (Å²) in [5.41, 5.74) is 1.09. The molecule has 0 radical (unpaired) electrons. The average molecular weight is 370 g/mol. The molecule has 0 unspecified atom stereocenters. The predicted molar refractivity (Wildman–Crippen MR) is 101 cm³/mol. The first-order valence-corrected chi connectivity index (χ1v) is 8.14. The second-order valence-corrected chi connectivity index (χ2v) is 5.74. The number of ether oxygens (including phenoxy) is 2. The Hall–Kier alpha value is -3.62. The molecule has 0 atom stereocenters. The number of nitro benzene ring substituents is 1. The van der Waals surface area contributed by atoms with Crippen LogP contribution in [0, 0.1) is 10.1 Å². The molecule has 0 saturated carbocycles. The van der Waals surface area contributed by atoms with Crippen LogP contribution in [0.4, 0.5) is 11.4 Å². The van der Waals surface area contributed by atoms with Gasteiger partial charge in [-0.1, -0.05) is 6.07 Å². The first-order valence-electron chi connectivity index (χ1n) is 8.14. The topological polar surface area (TPSA) is 119 Å². The summed E-state index contributed by atoms with van der Waals surface area (Å²) in [6.45, 7) is 0.449. The number of nitrogens with zero attached hydrogens (tertiary/aromatic N) is 2. The number of nitro groups is 1. The Labute approximate surface area is 154 Å². The number of fused-ring (bicyclic) bond motifs is 1. The Balaban J connectivity index is 1.81. The highest BCUT2D eigenvalue weighted by atomic mass is 16.6. The van der Waals surface area contributed by atoms with Crippen molar-refractivity contribution in [3.05, 3.63) is 62.7 Å². The third-order valence-electron chi connectivity index (χ3n) is 4.13. The van der Waals surface area contributed by atoms with Crippen LogP contribution in [0.3, 0.4) is 0 Å². The van der Waals surface area contributed by atoms with Gasteiger partial charge in [-0.25, -0.2) is 4.98 Å². The van der Waals surface area contributed by atoms with Crippen molar-refractivity contribution in [1.29, 1.82) is 0 Å². The summed E-state index contributed by atoms with van der Waals surface area (Å²) in [5, 5.41) is 14.6. The summed E-state index contributed by atoms with van der Waals surface area (Å²) in [4.78, 5) is 29.1. The van der Waals surface area contributed by atoms with Gasteiger partial charge in [0.15, 0.2) is 11.5 Å². The van der Waals surface area contributed by atoms with Crippen molar-refractivity contribution in [1.82, 2.24) is 9.97 Å². The molecule has 0 aliphatic rings. The van der Waals surface area contributed by atoms with E-state index in [2.05, 4.69) is 15.3 Å². The molecular weight excluding hydrogens is 352 g/mol. The van der Waals surface area contributed by atoms with Gasteiger partial charge in [0.05, 0.1) is 36.4 Å². The SMILES string of the molecule is COc1ccc(CCNc2cc3nc[nH]c(=O)c3cc2[N+](=O)[O-])cc1OC. The highest BCUT2D eigenvalue weighted by Crippen LogP contribution is 2.29. The highest BCUT2D eigenvalue weighted by molar-refractivity contribution is 5.86. The van der Waals surface area contributed by atoms with E-state index in [4.69, 9.17) is 9.47 Å². The summed E-state index contributed by atoms with van der Waals surface area (Å²) >= 11 is 0. The van der Waals surface area contributed by atoms with E-state index in [0.29, 0.717) is 35.7 Å². The zero-order valence-electron chi connectivity index (χ0n) is 14.8. The fourth-order valence-corrected chi connectivity index (χ4v) is 2.77. The zero-order chi connectivity index (χ0) is 19.4. The molecule has 0 bridgehead atoms. The van der Waals surface area contributed by atoms with Gasteiger partial charge in [0.2, 0.25) is 0 Å². The average Bonchev–Trinajstić information content (AvgIpc) is 2.67. The molecule has 1 heterocycles. The van der Waals surface area contributed by atoms with Gasteiger partial charge in [0.25, 0.3) is 11.2 Å². The largest absolute Gasteiger partial charge is 0.493 e. The lowest BCUT2D eigenvalue weighted by Gasteiger charge is -2.11. The third kappa shape index (κ3) is 3.81. The Kier molecular flexibility index (Phi) is 5.20. The smallest absolute Gasteiger partial charge is 0.293 e. The van der Waals surface area contributed by atoms with Crippen LogP contribution in [0.2, 0.25) is 0 Å². The number of hydrogen-bond donors (Lipinski definition) is 2. The minimum absolute atomic E-state index is 0.173. The molecule has 2 aromatic carbocycles. The molecule has 3 aromatic rings. The molecular formula is C18H18N4O5. The van der Waals surface area contributed by atoms with Crippen molar-refractivity contribution >= 4 is 22.3 Å². The Morgan fingerprint density at radius 1 is 1.19 bits per heavy atom. The van der Waals surface area contributed by atoms with Crippen molar-refractivity contribution in [3.63, 3.8) is 0 Å². The fraction of sp³-hybridized carbons (Fsp3) is 0.222. The summed E-state index contributed by atoms with van der Waals surface area (Å²) in [5.74, 6) is 1.26. The van der Waals surface area contributed by atoms with E-state index in [1.54, 1.807) is 14.2 Å². The molecule has 3 rings (SSSR count). The van der Waals surface area contributed by atoms with Crippen LogP contribution >= 0.6 is 0 Å². The molecule has 1 aromatic heterocycles.